The lowest BCUT2D eigenvalue weighted by molar-refractivity contribution is 0.318. The lowest BCUT2D eigenvalue weighted by Crippen LogP contribution is -2.35. The molecule has 20 heavy (non-hydrogen) atoms. The van der Waals surface area contributed by atoms with Gasteiger partial charge < -0.3 is 22.3 Å². The summed E-state index contributed by atoms with van der Waals surface area (Å²) >= 11 is 0. The molecule has 0 N–H and O–H groups in total. The fraction of sp³-hybridized carbons (Fsp3) is 0.308. The summed E-state index contributed by atoms with van der Waals surface area (Å²) in [5.74, 6) is 0.661. The number of aromatic nitrogens is 2. The van der Waals surface area contributed by atoms with E-state index in [1.54, 1.807) is 25.4 Å². The van der Waals surface area contributed by atoms with E-state index in [1.807, 2.05) is 11.6 Å². The molecule has 0 amide bonds. The third-order valence-electron chi connectivity index (χ3n) is 3.02. The van der Waals surface area contributed by atoms with Crippen molar-refractivity contribution in [3.8, 4) is 5.75 Å². The number of hydrogen-bond acceptors (Lipinski definition) is 2. The van der Waals surface area contributed by atoms with Crippen LogP contribution in [0.2, 0.25) is 0 Å². The lowest BCUT2D eigenvalue weighted by atomic mass is 9.78. The summed E-state index contributed by atoms with van der Waals surface area (Å²) in [6.45, 7) is -3.29. The fourth-order valence-corrected chi connectivity index (χ4v) is 1.94. The Morgan fingerprint density at radius 1 is 1.30 bits per heavy atom. The van der Waals surface area contributed by atoms with Crippen LogP contribution in [0.25, 0.3) is 0 Å². The minimum atomic E-state index is -5.07. The molecule has 7 heteroatoms. The molecule has 0 spiro atoms. The van der Waals surface area contributed by atoms with Gasteiger partial charge in [0.15, 0.2) is 0 Å². The molecule has 108 valence electrons. The Balaban J connectivity index is 2.08. The predicted octanol–water partition coefficient (Wildman–Crippen LogP) is 2.40. The summed E-state index contributed by atoms with van der Waals surface area (Å²) in [6.07, 6.45) is 3.89. The molecule has 1 heterocycles. The fourth-order valence-electron chi connectivity index (χ4n) is 1.94. The molecule has 1 aromatic carbocycles. The number of nitrogens with zero attached hydrogens (tertiary/aromatic N) is 2. The highest BCUT2D eigenvalue weighted by Gasteiger charge is 2.29. The first-order chi connectivity index (χ1) is 9.38. The van der Waals surface area contributed by atoms with E-state index in [9.17, 15) is 12.9 Å². The van der Waals surface area contributed by atoms with Crippen molar-refractivity contribution in [1.29, 1.82) is 0 Å². The Labute approximate surface area is 115 Å². The number of ether oxygens (including phenoxy) is 1. The summed E-state index contributed by atoms with van der Waals surface area (Å²) in [4.78, 5) is 4.10. The van der Waals surface area contributed by atoms with Crippen LogP contribution in [-0.2, 0) is 13.5 Å². The number of aryl methyl sites for hydroxylation is 2. The molecule has 0 radical (unpaired) electrons. The van der Waals surface area contributed by atoms with Gasteiger partial charge in [-0.2, -0.15) is 0 Å². The largest absolute Gasteiger partial charge is 0.513 e. The molecule has 0 fully saturated rings. The van der Waals surface area contributed by atoms with E-state index in [4.69, 9.17) is 4.74 Å². The molecule has 1 aromatic heterocycles. The van der Waals surface area contributed by atoms with Crippen molar-refractivity contribution in [3.05, 3.63) is 42.0 Å². The number of benzene rings is 1. The Morgan fingerprint density at radius 2 is 2.05 bits per heavy atom. The number of halogens is 3. The summed E-state index contributed by atoms with van der Waals surface area (Å²) < 4.78 is 46.0. The molecule has 3 nitrogen and oxygen atoms in total. The van der Waals surface area contributed by atoms with Gasteiger partial charge in [0.25, 0.3) is 0 Å². The lowest BCUT2D eigenvalue weighted by Gasteiger charge is -2.20. The first-order valence-corrected chi connectivity index (χ1v) is 6.27. The smallest absolute Gasteiger partial charge is 0.496 e. The van der Waals surface area contributed by atoms with Crippen molar-refractivity contribution in [3.63, 3.8) is 0 Å². The quantitative estimate of drug-likeness (QED) is 0.788. The van der Waals surface area contributed by atoms with Crippen molar-refractivity contribution in [2.24, 2.45) is 7.05 Å². The molecule has 2 rings (SSSR count). The van der Waals surface area contributed by atoms with Crippen LogP contribution >= 0.6 is 0 Å². The zero-order valence-corrected chi connectivity index (χ0v) is 11.3. The summed E-state index contributed by atoms with van der Waals surface area (Å²) in [6, 6.07) is 4.11. The molecule has 0 aliphatic rings. The average Bonchev–Trinajstić information content (AvgIpc) is 2.76. The first-order valence-electron chi connectivity index (χ1n) is 6.27. The van der Waals surface area contributed by atoms with Crippen molar-refractivity contribution in [2.75, 3.05) is 6.61 Å². The van der Waals surface area contributed by atoms with E-state index < -0.39 is 12.4 Å². The monoisotopic (exact) mass is 283 g/mol. The molecule has 0 atom stereocenters. The molecule has 2 aromatic rings. The minimum Gasteiger partial charge on any atom is -0.496 e. The SMILES string of the molecule is Cc1ccc(OCCc2nccn2C)c([B-](F)(F)F)c1. The van der Waals surface area contributed by atoms with Crippen LogP contribution in [0.1, 0.15) is 11.4 Å². The van der Waals surface area contributed by atoms with Gasteiger partial charge in [-0.15, -0.1) is 0 Å². The Kier molecular flexibility index (Phi) is 4.06. The maximum atomic E-state index is 13.0. The van der Waals surface area contributed by atoms with Gasteiger partial charge in [-0.3, -0.25) is 0 Å². The van der Waals surface area contributed by atoms with Gasteiger partial charge >= 0.3 is 6.98 Å². The van der Waals surface area contributed by atoms with Crippen LogP contribution in [0.5, 0.6) is 5.75 Å². The third-order valence-corrected chi connectivity index (χ3v) is 3.02. The number of rotatable bonds is 5. The Bertz CT molecular complexity index is 596. The highest BCUT2D eigenvalue weighted by Crippen LogP contribution is 2.19. The highest BCUT2D eigenvalue weighted by molar-refractivity contribution is 6.74. The van der Waals surface area contributed by atoms with Crippen molar-refractivity contribution in [1.82, 2.24) is 9.55 Å². The maximum Gasteiger partial charge on any atom is 0.513 e. The van der Waals surface area contributed by atoms with Gasteiger partial charge in [-0.25, -0.2) is 4.98 Å². The molecule has 0 saturated carbocycles. The van der Waals surface area contributed by atoms with Gasteiger partial charge in [0.2, 0.25) is 0 Å². The van der Waals surface area contributed by atoms with E-state index >= 15 is 0 Å². The zero-order valence-electron chi connectivity index (χ0n) is 11.3. The normalized spacial score (nSPS) is 11.7. The van der Waals surface area contributed by atoms with Crippen LogP contribution in [0.4, 0.5) is 12.9 Å². The third kappa shape index (κ3) is 3.34. The average molecular weight is 283 g/mol. The van der Waals surface area contributed by atoms with E-state index in [0.29, 0.717) is 12.0 Å². The van der Waals surface area contributed by atoms with E-state index in [-0.39, 0.29) is 12.4 Å². The van der Waals surface area contributed by atoms with Crippen LogP contribution in [-0.4, -0.2) is 23.1 Å². The molecular formula is C13H15BF3N2O-. The number of imidazole rings is 1. The van der Waals surface area contributed by atoms with E-state index in [1.165, 1.54) is 6.07 Å². The second-order valence-electron chi connectivity index (χ2n) is 4.67. The Morgan fingerprint density at radius 3 is 2.65 bits per heavy atom. The molecule has 0 saturated heterocycles. The standard InChI is InChI=1S/C13H15BF3N2O/c1-10-3-4-12(11(9-10)14(15,16)17)20-8-5-13-18-6-7-19(13)2/h3-4,6-7,9H,5,8H2,1-2H3/q-1. The Hall–Kier alpha value is -1.92. The molecular weight excluding hydrogens is 268 g/mol. The van der Waals surface area contributed by atoms with E-state index in [2.05, 4.69) is 4.98 Å². The van der Waals surface area contributed by atoms with Crippen molar-refractivity contribution >= 4 is 12.4 Å². The first kappa shape index (κ1) is 14.5. The molecule has 0 aliphatic heterocycles. The summed E-state index contributed by atoms with van der Waals surface area (Å²) in [5, 5.41) is 0. The summed E-state index contributed by atoms with van der Waals surface area (Å²) in [5.41, 5.74) is -0.111. The van der Waals surface area contributed by atoms with Gasteiger partial charge in [0.1, 0.15) is 5.82 Å². The van der Waals surface area contributed by atoms with Gasteiger partial charge in [-0.1, -0.05) is 23.2 Å². The number of hydrogen-bond donors (Lipinski definition) is 0. The minimum absolute atomic E-state index is 0.114. The van der Waals surface area contributed by atoms with Crippen LogP contribution < -0.4 is 10.2 Å². The second kappa shape index (κ2) is 5.60. The molecule has 0 unspecified atom stereocenters. The molecule has 0 bridgehead atoms. The zero-order chi connectivity index (χ0) is 14.8. The van der Waals surface area contributed by atoms with E-state index in [0.717, 1.165) is 11.9 Å². The van der Waals surface area contributed by atoms with Gasteiger partial charge in [0, 0.05) is 25.9 Å². The molecule has 0 aliphatic carbocycles. The summed E-state index contributed by atoms with van der Waals surface area (Å²) in [7, 11) is 1.83. The van der Waals surface area contributed by atoms with Crippen molar-refractivity contribution in [2.45, 2.75) is 13.3 Å². The maximum absolute atomic E-state index is 13.0. The highest BCUT2D eigenvalue weighted by atomic mass is 19.4. The predicted molar refractivity (Wildman–Crippen MR) is 72.3 cm³/mol. The second-order valence-corrected chi connectivity index (χ2v) is 4.67. The van der Waals surface area contributed by atoms with Crippen LogP contribution in [0, 0.1) is 6.92 Å². The van der Waals surface area contributed by atoms with Crippen LogP contribution in [0.3, 0.4) is 0 Å². The van der Waals surface area contributed by atoms with Gasteiger partial charge in [0.05, 0.1) is 12.4 Å². The van der Waals surface area contributed by atoms with Crippen molar-refractivity contribution < 1.29 is 17.7 Å². The topological polar surface area (TPSA) is 27.1 Å². The van der Waals surface area contributed by atoms with Gasteiger partial charge in [-0.05, 0) is 13.0 Å². The van der Waals surface area contributed by atoms with Crippen LogP contribution in [0.15, 0.2) is 30.6 Å².